The quantitative estimate of drug-likeness (QED) is 0.757. The van der Waals surface area contributed by atoms with Crippen LogP contribution in [0.25, 0.3) is 0 Å². The molecular formula is C18H20N2O4. The summed E-state index contributed by atoms with van der Waals surface area (Å²) in [6.45, 7) is 3.56. The molecule has 2 N–H and O–H groups in total. The molecule has 1 heterocycles. The van der Waals surface area contributed by atoms with Crippen molar-refractivity contribution in [3.63, 3.8) is 0 Å². The number of aromatic nitrogens is 1. The van der Waals surface area contributed by atoms with Crippen molar-refractivity contribution in [2.45, 2.75) is 26.4 Å². The smallest absolute Gasteiger partial charge is 0.260 e. The molecule has 2 aromatic rings. The monoisotopic (exact) mass is 328 g/mol. The molecule has 126 valence electrons. The first kappa shape index (κ1) is 17.5. The molecule has 0 bridgehead atoms. The van der Waals surface area contributed by atoms with Gasteiger partial charge in [0.25, 0.3) is 5.91 Å². The standard InChI is InChI=1S/C18H20N2O4/c1-12(21)15-4-3-5-16(10-15)24-13(2)18(23)19-9-8-14-6-7-17(22)20-11-14/h3-7,10-11,13H,8-9H2,1-2H3,(H,19,23)(H,20,22). The summed E-state index contributed by atoms with van der Waals surface area (Å²) in [6, 6.07) is 9.91. The van der Waals surface area contributed by atoms with E-state index in [-0.39, 0.29) is 17.2 Å². The van der Waals surface area contributed by atoms with Gasteiger partial charge >= 0.3 is 0 Å². The van der Waals surface area contributed by atoms with Crippen LogP contribution in [0.2, 0.25) is 0 Å². The molecule has 0 aliphatic heterocycles. The van der Waals surface area contributed by atoms with Crippen LogP contribution in [0.15, 0.2) is 47.4 Å². The molecule has 0 spiro atoms. The summed E-state index contributed by atoms with van der Waals surface area (Å²) in [5.41, 5.74) is 1.31. The zero-order valence-electron chi connectivity index (χ0n) is 13.7. The van der Waals surface area contributed by atoms with Crippen LogP contribution in [0.4, 0.5) is 0 Å². The Labute approximate surface area is 139 Å². The minimum Gasteiger partial charge on any atom is -0.481 e. The van der Waals surface area contributed by atoms with E-state index in [1.165, 1.54) is 13.0 Å². The van der Waals surface area contributed by atoms with E-state index in [9.17, 15) is 14.4 Å². The number of nitrogens with one attached hydrogen (secondary N) is 2. The van der Waals surface area contributed by atoms with Crippen molar-refractivity contribution >= 4 is 11.7 Å². The number of hydrogen-bond acceptors (Lipinski definition) is 4. The zero-order valence-corrected chi connectivity index (χ0v) is 13.7. The lowest BCUT2D eigenvalue weighted by atomic mass is 10.1. The number of hydrogen-bond donors (Lipinski definition) is 2. The first-order chi connectivity index (χ1) is 11.5. The third-order valence-corrected chi connectivity index (χ3v) is 3.48. The molecule has 6 nitrogen and oxygen atoms in total. The molecule has 0 saturated heterocycles. The molecule has 6 heteroatoms. The minimum atomic E-state index is -0.678. The van der Waals surface area contributed by atoms with Gasteiger partial charge in [0.1, 0.15) is 5.75 Å². The van der Waals surface area contributed by atoms with Crippen LogP contribution < -0.4 is 15.6 Å². The van der Waals surface area contributed by atoms with Gasteiger partial charge in [0.15, 0.2) is 11.9 Å². The van der Waals surface area contributed by atoms with Crippen LogP contribution in [0.5, 0.6) is 5.75 Å². The number of Topliss-reactive ketones (excluding diaryl/α,β-unsaturated/α-hetero) is 1. The summed E-state index contributed by atoms with van der Waals surface area (Å²) in [5, 5.41) is 2.78. The largest absolute Gasteiger partial charge is 0.481 e. The summed E-state index contributed by atoms with van der Waals surface area (Å²) < 4.78 is 5.57. The number of H-pyrrole nitrogens is 1. The second-order valence-corrected chi connectivity index (χ2v) is 5.45. The Morgan fingerprint density at radius 1 is 1.25 bits per heavy atom. The van der Waals surface area contributed by atoms with Crippen molar-refractivity contribution < 1.29 is 14.3 Å². The van der Waals surface area contributed by atoms with E-state index in [0.717, 1.165) is 5.56 Å². The van der Waals surface area contributed by atoms with Crippen LogP contribution in [0, 0.1) is 0 Å². The Bertz CT molecular complexity index is 762. The fourth-order valence-corrected chi connectivity index (χ4v) is 2.12. The molecule has 0 aliphatic rings. The highest BCUT2D eigenvalue weighted by Gasteiger charge is 2.14. The number of rotatable bonds is 7. The number of ketones is 1. The Morgan fingerprint density at radius 3 is 2.71 bits per heavy atom. The third kappa shape index (κ3) is 5.08. The molecule has 0 radical (unpaired) electrons. The molecule has 1 atom stereocenters. The topological polar surface area (TPSA) is 88.3 Å². The van der Waals surface area contributed by atoms with E-state index in [1.807, 2.05) is 0 Å². The maximum absolute atomic E-state index is 12.0. The van der Waals surface area contributed by atoms with Crippen LogP contribution in [-0.4, -0.2) is 29.3 Å². The molecule has 1 amide bonds. The van der Waals surface area contributed by atoms with Gasteiger partial charge in [-0.2, -0.15) is 0 Å². The number of amides is 1. The zero-order chi connectivity index (χ0) is 17.5. The molecule has 2 rings (SSSR count). The molecule has 1 aromatic carbocycles. The maximum Gasteiger partial charge on any atom is 0.260 e. The number of ether oxygens (including phenoxy) is 1. The number of pyridine rings is 1. The van der Waals surface area contributed by atoms with Crippen LogP contribution in [0.1, 0.15) is 29.8 Å². The Morgan fingerprint density at radius 2 is 2.04 bits per heavy atom. The molecular weight excluding hydrogens is 308 g/mol. The molecule has 24 heavy (non-hydrogen) atoms. The maximum atomic E-state index is 12.0. The van der Waals surface area contributed by atoms with Crippen molar-refractivity contribution in [3.8, 4) is 5.75 Å². The molecule has 1 unspecified atom stereocenters. The first-order valence-electron chi connectivity index (χ1n) is 7.68. The second kappa shape index (κ2) is 8.10. The van der Waals surface area contributed by atoms with Crippen molar-refractivity contribution in [1.29, 1.82) is 0 Å². The van der Waals surface area contributed by atoms with E-state index in [1.54, 1.807) is 43.5 Å². The van der Waals surface area contributed by atoms with Gasteiger partial charge in [-0.3, -0.25) is 14.4 Å². The lowest BCUT2D eigenvalue weighted by molar-refractivity contribution is -0.127. The molecule has 0 aliphatic carbocycles. The van der Waals surface area contributed by atoms with Gasteiger partial charge in [-0.05, 0) is 38.0 Å². The fourth-order valence-electron chi connectivity index (χ4n) is 2.12. The van der Waals surface area contributed by atoms with Crippen LogP contribution in [0.3, 0.4) is 0 Å². The Kier molecular flexibility index (Phi) is 5.89. The fraction of sp³-hybridized carbons (Fsp3) is 0.278. The lowest BCUT2D eigenvalue weighted by Crippen LogP contribution is -2.37. The third-order valence-electron chi connectivity index (χ3n) is 3.48. The van der Waals surface area contributed by atoms with E-state index in [4.69, 9.17) is 4.74 Å². The minimum absolute atomic E-state index is 0.0570. The highest BCUT2D eigenvalue weighted by Crippen LogP contribution is 2.15. The predicted octanol–water partition coefficient (Wildman–Crippen LogP) is 1.70. The molecule has 0 fully saturated rings. The van der Waals surface area contributed by atoms with Crippen molar-refractivity contribution in [2.24, 2.45) is 0 Å². The van der Waals surface area contributed by atoms with E-state index in [0.29, 0.717) is 24.3 Å². The van der Waals surface area contributed by atoms with Gasteiger partial charge in [0, 0.05) is 24.4 Å². The van der Waals surface area contributed by atoms with Gasteiger partial charge in [-0.1, -0.05) is 18.2 Å². The summed E-state index contributed by atoms with van der Waals surface area (Å²) in [5.74, 6) is 0.178. The number of aromatic amines is 1. The first-order valence-corrected chi connectivity index (χ1v) is 7.68. The predicted molar refractivity (Wildman–Crippen MR) is 90.3 cm³/mol. The van der Waals surface area contributed by atoms with E-state index >= 15 is 0 Å². The summed E-state index contributed by atoms with van der Waals surface area (Å²) in [7, 11) is 0. The van der Waals surface area contributed by atoms with Gasteiger partial charge < -0.3 is 15.0 Å². The van der Waals surface area contributed by atoms with Crippen LogP contribution >= 0.6 is 0 Å². The number of carbonyl (C=O) groups is 2. The number of carbonyl (C=O) groups excluding carboxylic acids is 2. The summed E-state index contributed by atoms with van der Waals surface area (Å²) in [4.78, 5) is 37.0. The normalized spacial score (nSPS) is 11.6. The second-order valence-electron chi connectivity index (χ2n) is 5.45. The summed E-state index contributed by atoms with van der Waals surface area (Å²) >= 11 is 0. The van der Waals surface area contributed by atoms with Gasteiger partial charge in [0.05, 0.1) is 0 Å². The van der Waals surface area contributed by atoms with Crippen LogP contribution in [-0.2, 0) is 11.2 Å². The Hall–Kier alpha value is -2.89. The van der Waals surface area contributed by atoms with E-state index < -0.39 is 6.10 Å². The van der Waals surface area contributed by atoms with E-state index in [2.05, 4.69) is 10.3 Å². The average molecular weight is 328 g/mol. The average Bonchev–Trinajstić information content (AvgIpc) is 2.56. The van der Waals surface area contributed by atoms with Gasteiger partial charge in [0.2, 0.25) is 5.56 Å². The highest BCUT2D eigenvalue weighted by molar-refractivity contribution is 5.94. The van der Waals surface area contributed by atoms with Crippen molar-refractivity contribution in [2.75, 3.05) is 6.54 Å². The lowest BCUT2D eigenvalue weighted by Gasteiger charge is -2.15. The highest BCUT2D eigenvalue weighted by atomic mass is 16.5. The SMILES string of the molecule is CC(=O)c1cccc(OC(C)C(=O)NCCc2ccc(=O)[nH]c2)c1. The number of benzene rings is 1. The Balaban J connectivity index is 1.83. The van der Waals surface area contributed by atoms with Crippen molar-refractivity contribution in [1.82, 2.24) is 10.3 Å². The van der Waals surface area contributed by atoms with Gasteiger partial charge in [-0.15, -0.1) is 0 Å². The summed E-state index contributed by atoms with van der Waals surface area (Å²) in [6.07, 6.45) is 1.55. The molecule has 1 aromatic heterocycles. The molecule has 0 saturated carbocycles. The van der Waals surface area contributed by atoms with Gasteiger partial charge in [-0.25, -0.2) is 0 Å². The van der Waals surface area contributed by atoms with Crippen molar-refractivity contribution in [3.05, 3.63) is 64.1 Å².